The van der Waals surface area contributed by atoms with Gasteiger partial charge in [-0.2, -0.15) is 0 Å². The van der Waals surface area contributed by atoms with Crippen molar-refractivity contribution in [3.63, 3.8) is 0 Å². The molecule has 2 aromatic rings. The lowest BCUT2D eigenvalue weighted by molar-refractivity contribution is 0.0654. The number of benzene rings is 2. The summed E-state index contributed by atoms with van der Waals surface area (Å²) in [6, 6.07) is 11.6. The highest BCUT2D eigenvalue weighted by molar-refractivity contribution is 9.10. The van der Waals surface area contributed by atoms with Crippen molar-refractivity contribution in [1.29, 1.82) is 0 Å². The summed E-state index contributed by atoms with van der Waals surface area (Å²) in [5.41, 5.74) is 1.34. The average molecular weight is 355 g/mol. The van der Waals surface area contributed by atoms with Crippen LogP contribution in [0.1, 0.15) is 41.7 Å². The molecule has 0 aromatic heterocycles. The van der Waals surface area contributed by atoms with E-state index in [0.29, 0.717) is 17.7 Å². The Labute approximate surface area is 129 Å². The van der Waals surface area contributed by atoms with Gasteiger partial charge < -0.3 is 9.84 Å². The van der Waals surface area contributed by atoms with Crippen molar-refractivity contribution in [3.8, 4) is 5.75 Å². The Morgan fingerprint density at radius 3 is 2.76 bits per heavy atom. The summed E-state index contributed by atoms with van der Waals surface area (Å²) < 4.78 is 32.3. The van der Waals surface area contributed by atoms with Gasteiger partial charge in [0.15, 0.2) is 0 Å². The van der Waals surface area contributed by atoms with Crippen LogP contribution in [-0.4, -0.2) is 5.11 Å². The van der Waals surface area contributed by atoms with Gasteiger partial charge in [0.2, 0.25) is 0 Å². The minimum Gasteiger partial charge on any atom is -0.485 e. The molecule has 2 nitrogen and oxygen atoms in total. The standard InChI is InChI=1S/C16H13BrF2O2/c17-11-4-5-12-13(20)8-14(21-15(12)7-11)9-2-1-3-10(6-9)16(18)19/h1-7,13-14,16,20H,8H2/t13-,14?/m1/s1. The van der Waals surface area contributed by atoms with E-state index in [-0.39, 0.29) is 5.56 Å². The van der Waals surface area contributed by atoms with Gasteiger partial charge in [-0.3, -0.25) is 0 Å². The minimum atomic E-state index is -2.51. The average Bonchev–Trinajstić information content (AvgIpc) is 2.46. The minimum absolute atomic E-state index is 0.0365. The van der Waals surface area contributed by atoms with Crippen LogP contribution in [0.2, 0.25) is 0 Å². The van der Waals surface area contributed by atoms with E-state index in [1.807, 2.05) is 6.07 Å². The zero-order valence-electron chi connectivity index (χ0n) is 11.0. The highest BCUT2D eigenvalue weighted by Gasteiger charge is 2.28. The highest BCUT2D eigenvalue weighted by atomic mass is 79.9. The molecule has 1 aliphatic heterocycles. The Morgan fingerprint density at radius 2 is 2.00 bits per heavy atom. The summed E-state index contributed by atoms with van der Waals surface area (Å²) in [7, 11) is 0. The molecule has 21 heavy (non-hydrogen) atoms. The van der Waals surface area contributed by atoms with Gasteiger partial charge in [-0.15, -0.1) is 0 Å². The molecule has 1 unspecified atom stereocenters. The van der Waals surface area contributed by atoms with E-state index in [1.165, 1.54) is 12.1 Å². The van der Waals surface area contributed by atoms with Gasteiger partial charge in [-0.25, -0.2) is 8.78 Å². The van der Waals surface area contributed by atoms with Crippen LogP contribution in [0.3, 0.4) is 0 Å². The van der Waals surface area contributed by atoms with E-state index in [9.17, 15) is 13.9 Å². The number of halogens is 3. The Morgan fingerprint density at radius 1 is 1.19 bits per heavy atom. The largest absolute Gasteiger partial charge is 0.485 e. The van der Waals surface area contributed by atoms with E-state index >= 15 is 0 Å². The van der Waals surface area contributed by atoms with Crippen molar-refractivity contribution in [2.45, 2.75) is 25.1 Å². The molecule has 0 fully saturated rings. The predicted octanol–water partition coefficient (Wildman–Crippen LogP) is 4.94. The summed E-state index contributed by atoms with van der Waals surface area (Å²) in [6.07, 6.45) is -3.26. The molecular weight excluding hydrogens is 342 g/mol. The summed E-state index contributed by atoms with van der Waals surface area (Å²) in [4.78, 5) is 0. The lowest BCUT2D eigenvalue weighted by Crippen LogP contribution is -2.19. The molecule has 1 N–H and O–H groups in total. The fourth-order valence-corrected chi connectivity index (χ4v) is 2.86. The normalized spacial score (nSPS) is 21.0. The van der Waals surface area contributed by atoms with E-state index < -0.39 is 18.6 Å². The smallest absolute Gasteiger partial charge is 0.263 e. The summed E-state index contributed by atoms with van der Waals surface area (Å²) in [5, 5.41) is 10.2. The Hall–Kier alpha value is -1.46. The molecule has 5 heteroatoms. The molecular formula is C16H13BrF2O2. The maximum atomic E-state index is 12.8. The summed E-state index contributed by atoms with van der Waals surface area (Å²) in [5.74, 6) is 0.579. The number of aliphatic hydroxyl groups excluding tert-OH is 1. The first-order valence-corrected chi connectivity index (χ1v) is 7.36. The molecule has 1 heterocycles. The predicted molar refractivity (Wildman–Crippen MR) is 78.5 cm³/mol. The zero-order valence-corrected chi connectivity index (χ0v) is 12.6. The van der Waals surface area contributed by atoms with Crippen molar-refractivity contribution >= 4 is 15.9 Å². The lowest BCUT2D eigenvalue weighted by atomic mass is 9.94. The third-order valence-electron chi connectivity index (χ3n) is 3.58. The van der Waals surface area contributed by atoms with E-state index in [2.05, 4.69) is 15.9 Å². The quantitative estimate of drug-likeness (QED) is 0.827. The second kappa shape index (κ2) is 5.73. The molecule has 0 radical (unpaired) electrons. The van der Waals surface area contributed by atoms with Gasteiger partial charge >= 0.3 is 0 Å². The van der Waals surface area contributed by atoms with E-state index in [4.69, 9.17) is 4.74 Å². The number of hydrogen-bond donors (Lipinski definition) is 1. The molecule has 3 rings (SSSR count). The van der Waals surface area contributed by atoms with Crippen LogP contribution >= 0.6 is 15.9 Å². The second-order valence-electron chi connectivity index (χ2n) is 5.01. The van der Waals surface area contributed by atoms with Gasteiger partial charge in [-0.1, -0.05) is 40.2 Å². The van der Waals surface area contributed by atoms with Gasteiger partial charge in [-0.05, 0) is 23.8 Å². The molecule has 2 atom stereocenters. The number of hydrogen-bond acceptors (Lipinski definition) is 2. The maximum Gasteiger partial charge on any atom is 0.263 e. The van der Waals surface area contributed by atoms with Crippen molar-refractivity contribution in [2.24, 2.45) is 0 Å². The van der Waals surface area contributed by atoms with Crippen LogP contribution in [-0.2, 0) is 0 Å². The molecule has 110 valence electrons. The summed E-state index contributed by atoms with van der Waals surface area (Å²) in [6.45, 7) is 0. The number of fused-ring (bicyclic) bond motifs is 1. The third-order valence-corrected chi connectivity index (χ3v) is 4.07. The first kappa shape index (κ1) is 14.5. The fourth-order valence-electron chi connectivity index (χ4n) is 2.52. The molecule has 0 spiro atoms. The first-order chi connectivity index (χ1) is 10.0. The van der Waals surface area contributed by atoms with Crippen LogP contribution in [0.4, 0.5) is 8.78 Å². The zero-order chi connectivity index (χ0) is 15.0. The fraction of sp³-hybridized carbons (Fsp3) is 0.250. The topological polar surface area (TPSA) is 29.5 Å². The van der Waals surface area contributed by atoms with Crippen LogP contribution < -0.4 is 4.74 Å². The molecule has 0 bridgehead atoms. The van der Waals surface area contributed by atoms with Crippen molar-refractivity contribution < 1.29 is 18.6 Å². The summed E-state index contributed by atoms with van der Waals surface area (Å²) >= 11 is 3.36. The van der Waals surface area contributed by atoms with Crippen molar-refractivity contribution in [1.82, 2.24) is 0 Å². The second-order valence-corrected chi connectivity index (χ2v) is 5.93. The Bertz CT molecular complexity index is 660. The molecule has 2 aromatic carbocycles. The van der Waals surface area contributed by atoms with Gasteiger partial charge in [0.1, 0.15) is 11.9 Å². The number of rotatable bonds is 2. The van der Waals surface area contributed by atoms with Crippen LogP contribution in [0, 0.1) is 0 Å². The van der Waals surface area contributed by atoms with E-state index in [0.717, 1.165) is 10.0 Å². The molecule has 1 aliphatic rings. The van der Waals surface area contributed by atoms with Crippen molar-refractivity contribution in [2.75, 3.05) is 0 Å². The van der Waals surface area contributed by atoms with Crippen molar-refractivity contribution in [3.05, 3.63) is 63.6 Å². The van der Waals surface area contributed by atoms with Gasteiger partial charge in [0.05, 0.1) is 6.10 Å². The lowest BCUT2D eigenvalue weighted by Gasteiger charge is -2.30. The van der Waals surface area contributed by atoms with Crippen LogP contribution in [0.15, 0.2) is 46.9 Å². The third kappa shape index (κ3) is 2.94. The van der Waals surface area contributed by atoms with Crippen LogP contribution in [0.25, 0.3) is 0 Å². The number of ether oxygens (including phenoxy) is 1. The SMILES string of the molecule is O[C@@H]1CC(c2cccc(C(F)F)c2)Oc2cc(Br)ccc21. The first-order valence-electron chi connectivity index (χ1n) is 6.57. The molecule has 0 saturated carbocycles. The molecule has 0 aliphatic carbocycles. The highest BCUT2D eigenvalue weighted by Crippen LogP contribution is 2.42. The Balaban J connectivity index is 1.93. The number of alkyl halides is 2. The van der Waals surface area contributed by atoms with Gasteiger partial charge in [0, 0.05) is 22.0 Å². The van der Waals surface area contributed by atoms with Crippen LogP contribution in [0.5, 0.6) is 5.75 Å². The maximum absolute atomic E-state index is 12.8. The molecule has 0 saturated heterocycles. The molecule has 0 amide bonds. The van der Waals surface area contributed by atoms with Gasteiger partial charge in [0.25, 0.3) is 6.43 Å². The van der Waals surface area contributed by atoms with E-state index in [1.54, 1.807) is 24.3 Å². The monoisotopic (exact) mass is 354 g/mol. The Kier molecular flexibility index (Phi) is 3.95. The number of aliphatic hydroxyl groups is 1.